The highest BCUT2D eigenvalue weighted by molar-refractivity contribution is 5.76. The lowest BCUT2D eigenvalue weighted by atomic mass is 10.1. The molecule has 0 saturated carbocycles. The summed E-state index contributed by atoms with van der Waals surface area (Å²) in [6, 6.07) is -0.648. The van der Waals surface area contributed by atoms with Gasteiger partial charge in [0.05, 0.1) is 18.8 Å². The second-order valence-electron chi connectivity index (χ2n) is 13.7. The second kappa shape index (κ2) is 41.7. The van der Waals surface area contributed by atoms with E-state index in [1.807, 2.05) is 6.08 Å². The number of aliphatic hydroxyl groups excluding tert-OH is 2. The summed E-state index contributed by atoms with van der Waals surface area (Å²) in [5.74, 6) is -0.0893. The Balaban J connectivity index is 3.67. The maximum absolute atomic E-state index is 12.4. The van der Waals surface area contributed by atoms with Gasteiger partial charge in [0, 0.05) is 6.42 Å². The molecule has 0 aromatic carbocycles. The van der Waals surface area contributed by atoms with Gasteiger partial charge in [-0.2, -0.15) is 0 Å². The van der Waals surface area contributed by atoms with Gasteiger partial charge in [-0.25, -0.2) is 0 Å². The number of allylic oxidation sites excluding steroid dienone is 15. The summed E-state index contributed by atoms with van der Waals surface area (Å²) in [5.41, 5.74) is 0. The SMILES string of the molecule is CC/C=C\C/C=C\C/C=C\C/C=C\C/C=C\C/C=C\CCCCCCCCCCC(=O)NC(CO)C(O)/C=C/CC/C=C/CCCCCCCC. The number of nitrogens with one attached hydrogen (secondary N) is 1. The van der Waals surface area contributed by atoms with E-state index in [0.29, 0.717) is 6.42 Å². The summed E-state index contributed by atoms with van der Waals surface area (Å²) in [6.45, 7) is 4.14. The maximum atomic E-state index is 12.4. The number of unbranched alkanes of at least 4 members (excludes halogenated alkanes) is 15. The predicted octanol–water partition coefficient (Wildman–Crippen LogP) is 13.1. The lowest BCUT2D eigenvalue weighted by molar-refractivity contribution is -0.123. The third kappa shape index (κ3) is 38.4. The maximum Gasteiger partial charge on any atom is 0.220 e. The number of carbonyl (C=O) groups is 1. The van der Waals surface area contributed by atoms with Crippen LogP contribution in [0.4, 0.5) is 0 Å². The number of hydrogen-bond acceptors (Lipinski definition) is 3. The third-order valence-corrected chi connectivity index (χ3v) is 8.80. The van der Waals surface area contributed by atoms with Gasteiger partial charge in [-0.1, -0.05) is 182 Å². The number of amides is 1. The number of rotatable bonds is 36. The molecule has 2 unspecified atom stereocenters. The zero-order valence-corrected chi connectivity index (χ0v) is 33.1. The van der Waals surface area contributed by atoms with Crippen molar-refractivity contribution in [3.63, 3.8) is 0 Å². The molecule has 0 aliphatic heterocycles. The van der Waals surface area contributed by atoms with Crippen molar-refractivity contribution in [2.75, 3.05) is 6.61 Å². The molecule has 0 bridgehead atoms. The molecule has 1 amide bonds. The fourth-order valence-electron chi connectivity index (χ4n) is 5.61. The molecule has 0 spiro atoms. The van der Waals surface area contributed by atoms with Crippen LogP contribution < -0.4 is 5.32 Å². The molecule has 0 aromatic heterocycles. The van der Waals surface area contributed by atoms with Crippen LogP contribution in [0.1, 0.15) is 174 Å². The Kier molecular flexibility index (Phi) is 39.5. The molecule has 0 aliphatic carbocycles. The van der Waals surface area contributed by atoms with Crippen LogP contribution in [-0.4, -0.2) is 34.9 Å². The van der Waals surface area contributed by atoms with Gasteiger partial charge in [0.25, 0.3) is 0 Å². The Morgan fingerprint density at radius 2 is 0.882 bits per heavy atom. The van der Waals surface area contributed by atoms with Crippen molar-refractivity contribution in [2.24, 2.45) is 0 Å². The zero-order chi connectivity index (χ0) is 37.1. The summed E-state index contributed by atoms with van der Waals surface area (Å²) < 4.78 is 0. The Morgan fingerprint density at radius 3 is 1.37 bits per heavy atom. The molecule has 4 heteroatoms. The van der Waals surface area contributed by atoms with E-state index in [-0.39, 0.29) is 12.5 Å². The molecule has 0 aliphatic rings. The van der Waals surface area contributed by atoms with E-state index in [1.54, 1.807) is 6.08 Å². The van der Waals surface area contributed by atoms with E-state index in [9.17, 15) is 15.0 Å². The molecule has 2 atom stereocenters. The predicted molar refractivity (Wildman–Crippen MR) is 225 cm³/mol. The minimum Gasteiger partial charge on any atom is -0.394 e. The van der Waals surface area contributed by atoms with Crippen molar-refractivity contribution in [3.8, 4) is 0 Å². The molecule has 3 N–H and O–H groups in total. The summed E-state index contributed by atoms with van der Waals surface area (Å²) in [4.78, 5) is 12.4. The van der Waals surface area contributed by atoms with Gasteiger partial charge in [0.15, 0.2) is 0 Å². The van der Waals surface area contributed by atoms with Crippen molar-refractivity contribution in [1.29, 1.82) is 0 Å². The quantitative estimate of drug-likeness (QED) is 0.0449. The van der Waals surface area contributed by atoms with Gasteiger partial charge in [0.2, 0.25) is 5.91 Å². The van der Waals surface area contributed by atoms with E-state index in [2.05, 4.69) is 104 Å². The lowest BCUT2D eigenvalue weighted by Crippen LogP contribution is -2.45. The van der Waals surface area contributed by atoms with Gasteiger partial charge in [-0.05, 0) is 83.5 Å². The lowest BCUT2D eigenvalue weighted by Gasteiger charge is -2.19. The highest BCUT2D eigenvalue weighted by atomic mass is 16.3. The van der Waals surface area contributed by atoms with Gasteiger partial charge < -0.3 is 15.5 Å². The van der Waals surface area contributed by atoms with Crippen molar-refractivity contribution in [1.82, 2.24) is 5.32 Å². The second-order valence-corrected chi connectivity index (χ2v) is 13.7. The van der Waals surface area contributed by atoms with Crippen LogP contribution in [0.5, 0.6) is 0 Å². The third-order valence-electron chi connectivity index (χ3n) is 8.80. The van der Waals surface area contributed by atoms with Gasteiger partial charge in [0.1, 0.15) is 0 Å². The van der Waals surface area contributed by atoms with Crippen LogP contribution in [0.2, 0.25) is 0 Å². The smallest absolute Gasteiger partial charge is 0.220 e. The average molecular weight is 706 g/mol. The fourth-order valence-corrected chi connectivity index (χ4v) is 5.61. The van der Waals surface area contributed by atoms with E-state index < -0.39 is 12.1 Å². The summed E-state index contributed by atoms with van der Waals surface area (Å²) in [7, 11) is 0. The topological polar surface area (TPSA) is 69.6 Å². The number of hydrogen-bond donors (Lipinski definition) is 3. The summed E-state index contributed by atoms with van der Waals surface area (Å²) in [5, 5.41) is 22.9. The van der Waals surface area contributed by atoms with Crippen molar-refractivity contribution in [2.45, 2.75) is 187 Å². The molecule has 0 rings (SSSR count). The highest BCUT2D eigenvalue weighted by Gasteiger charge is 2.17. The first kappa shape index (κ1) is 48.3. The standard InChI is InChI=1S/C47H79NO3/c1-3-5-7-9-11-13-15-17-18-19-20-21-22-23-24-25-26-27-28-29-30-31-33-35-37-39-41-43-47(51)48-45(44-49)46(50)42-40-38-36-34-32-16-14-12-10-8-6-4-2/h5,7,11,13,17-18,20-21,23-24,26-27,32,34,40,42,45-46,49-50H,3-4,6,8-10,12,14-16,19,22,25,28-31,33,35-39,41,43-44H2,1-2H3,(H,48,51)/b7-5-,13-11-,18-17-,21-20-,24-23-,27-26-,34-32+,42-40+. The molecule has 0 saturated heterocycles. The molecule has 0 aromatic rings. The highest BCUT2D eigenvalue weighted by Crippen LogP contribution is 2.12. The van der Waals surface area contributed by atoms with E-state index >= 15 is 0 Å². The molecule has 0 radical (unpaired) electrons. The molecule has 0 heterocycles. The van der Waals surface area contributed by atoms with Crippen molar-refractivity contribution >= 4 is 5.91 Å². The first-order valence-electron chi connectivity index (χ1n) is 21.0. The van der Waals surface area contributed by atoms with Crippen LogP contribution in [0.15, 0.2) is 97.2 Å². The van der Waals surface area contributed by atoms with Crippen LogP contribution in [0.25, 0.3) is 0 Å². The van der Waals surface area contributed by atoms with Crippen LogP contribution >= 0.6 is 0 Å². The first-order valence-corrected chi connectivity index (χ1v) is 21.0. The summed E-state index contributed by atoms with van der Waals surface area (Å²) >= 11 is 0. The van der Waals surface area contributed by atoms with E-state index in [0.717, 1.165) is 83.5 Å². The molecular weight excluding hydrogens is 627 g/mol. The summed E-state index contributed by atoms with van der Waals surface area (Å²) in [6.07, 6.45) is 62.2. The van der Waals surface area contributed by atoms with Gasteiger partial charge in [-0.15, -0.1) is 0 Å². The Morgan fingerprint density at radius 1 is 0.490 bits per heavy atom. The van der Waals surface area contributed by atoms with Crippen LogP contribution in [-0.2, 0) is 4.79 Å². The van der Waals surface area contributed by atoms with Gasteiger partial charge >= 0.3 is 0 Å². The molecule has 0 fully saturated rings. The fraction of sp³-hybridized carbons (Fsp3) is 0.638. The monoisotopic (exact) mass is 706 g/mol. The molecule has 290 valence electrons. The Hall–Kier alpha value is -2.69. The molecule has 51 heavy (non-hydrogen) atoms. The number of carbonyl (C=O) groups excluding carboxylic acids is 1. The average Bonchev–Trinajstić information content (AvgIpc) is 3.13. The normalized spacial score (nSPS) is 14.0. The zero-order valence-electron chi connectivity index (χ0n) is 33.1. The van der Waals surface area contributed by atoms with Gasteiger partial charge in [-0.3, -0.25) is 4.79 Å². The molecule has 4 nitrogen and oxygen atoms in total. The van der Waals surface area contributed by atoms with Crippen LogP contribution in [0, 0.1) is 0 Å². The van der Waals surface area contributed by atoms with E-state index in [4.69, 9.17) is 0 Å². The van der Waals surface area contributed by atoms with Crippen LogP contribution in [0.3, 0.4) is 0 Å². The Labute approximate surface area is 315 Å². The minimum atomic E-state index is -0.870. The van der Waals surface area contributed by atoms with E-state index in [1.165, 1.54) is 70.6 Å². The first-order chi connectivity index (χ1) is 25.2. The minimum absolute atomic E-state index is 0.0893. The van der Waals surface area contributed by atoms with Crippen molar-refractivity contribution in [3.05, 3.63) is 97.2 Å². The number of aliphatic hydroxyl groups is 2. The molecular formula is C47H79NO3. The Bertz CT molecular complexity index is 983. The van der Waals surface area contributed by atoms with Crippen molar-refractivity contribution < 1.29 is 15.0 Å². The largest absolute Gasteiger partial charge is 0.394 e.